The summed E-state index contributed by atoms with van der Waals surface area (Å²) < 4.78 is 20.7. The van der Waals surface area contributed by atoms with Gasteiger partial charge >= 0.3 is 0 Å². The molecule has 2 fully saturated rings. The SMILES string of the molecule is Fc1cccc(-n2cc(CN3CCC[C@]4(CCOC4)C3)cn2)c1. The van der Waals surface area contributed by atoms with E-state index < -0.39 is 0 Å². The third kappa shape index (κ3) is 3.16. The standard InChI is InChI=1S/C18H22FN3O/c19-16-3-1-4-17(9-16)22-12-15(10-20-22)11-21-7-2-5-18(13-21)6-8-23-14-18/h1,3-4,9-10,12H,2,5-8,11,13-14H2/t18-/m0/s1. The molecular weight excluding hydrogens is 293 g/mol. The predicted octanol–water partition coefficient (Wildman–Crippen LogP) is 3.01. The number of aromatic nitrogens is 2. The molecule has 2 aromatic rings. The van der Waals surface area contributed by atoms with Crippen molar-refractivity contribution in [3.05, 3.63) is 48.0 Å². The second-order valence-corrected chi connectivity index (χ2v) is 6.89. The summed E-state index contributed by atoms with van der Waals surface area (Å²) in [6.07, 6.45) is 7.60. The second kappa shape index (κ2) is 6.06. The fourth-order valence-corrected chi connectivity index (χ4v) is 3.88. The number of hydrogen-bond donors (Lipinski definition) is 0. The van der Waals surface area contributed by atoms with E-state index in [-0.39, 0.29) is 5.82 Å². The first-order valence-electron chi connectivity index (χ1n) is 8.32. The molecule has 2 saturated heterocycles. The number of likely N-dealkylation sites (tertiary alicyclic amines) is 1. The van der Waals surface area contributed by atoms with Crippen molar-refractivity contribution < 1.29 is 9.13 Å². The molecule has 4 rings (SSSR count). The maximum absolute atomic E-state index is 13.3. The minimum atomic E-state index is -0.237. The Morgan fingerprint density at radius 3 is 3.09 bits per heavy atom. The number of nitrogens with zero attached hydrogens (tertiary/aromatic N) is 3. The molecule has 2 aliphatic heterocycles. The summed E-state index contributed by atoms with van der Waals surface area (Å²) in [6.45, 7) is 4.96. The molecule has 0 radical (unpaired) electrons. The third-order valence-electron chi connectivity index (χ3n) is 5.04. The molecule has 3 heterocycles. The summed E-state index contributed by atoms with van der Waals surface area (Å²) in [4.78, 5) is 2.51. The largest absolute Gasteiger partial charge is 0.381 e. The van der Waals surface area contributed by atoms with Gasteiger partial charge in [0.1, 0.15) is 5.82 Å². The van der Waals surface area contributed by atoms with Gasteiger partial charge in [-0.3, -0.25) is 4.90 Å². The number of rotatable bonds is 3. The van der Waals surface area contributed by atoms with Crippen molar-refractivity contribution in [2.75, 3.05) is 26.3 Å². The molecule has 0 amide bonds. The van der Waals surface area contributed by atoms with Crippen LogP contribution in [0.4, 0.5) is 4.39 Å². The van der Waals surface area contributed by atoms with Gasteiger partial charge in [-0.25, -0.2) is 9.07 Å². The van der Waals surface area contributed by atoms with E-state index in [0.29, 0.717) is 5.41 Å². The zero-order valence-electron chi connectivity index (χ0n) is 13.2. The molecule has 1 spiro atoms. The molecule has 0 bridgehead atoms. The van der Waals surface area contributed by atoms with Crippen molar-refractivity contribution in [3.8, 4) is 5.69 Å². The molecule has 2 aliphatic rings. The van der Waals surface area contributed by atoms with Crippen LogP contribution in [0.25, 0.3) is 5.69 Å². The molecule has 1 aromatic heterocycles. The second-order valence-electron chi connectivity index (χ2n) is 6.89. The van der Waals surface area contributed by atoms with Crippen LogP contribution in [0.3, 0.4) is 0 Å². The Labute approximate surface area is 135 Å². The van der Waals surface area contributed by atoms with E-state index in [9.17, 15) is 4.39 Å². The third-order valence-corrected chi connectivity index (χ3v) is 5.04. The van der Waals surface area contributed by atoms with E-state index in [1.165, 1.54) is 37.0 Å². The van der Waals surface area contributed by atoms with Gasteiger partial charge in [-0.2, -0.15) is 5.10 Å². The van der Waals surface area contributed by atoms with E-state index in [4.69, 9.17) is 4.74 Å². The van der Waals surface area contributed by atoms with Crippen molar-refractivity contribution in [1.82, 2.24) is 14.7 Å². The highest BCUT2D eigenvalue weighted by molar-refractivity contribution is 5.31. The van der Waals surface area contributed by atoms with Gasteiger partial charge in [0.05, 0.1) is 18.5 Å². The van der Waals surface area contributed by atoms with Crippen molar-refractivity contribution in [1.29, 1.82) is 0 Å². The number of piperidine rings is 1. The molecule has 4 nitrogen and oxygen atoms in total. The van der Waals surface area contributed by atoms with Crippen LogP contribution in [0.1, 0.15) is 24.8 Å². The van der Waals surface area contributed by atoms with E-state index >= 15 is 0 Å². The van der Waals surface area contributed by atoms with Crippen molar-refractivity contribution in [2.24, 2.45) is 5.41 Å². The lowest BCUT2D eigenvalue weighted by atomic mass is 9.79. The van der Waals surface area contributed by atoms with E-state index in [2.05, 4.69) is 10.00 Å². The average molecular weight is 315 g/mol. The topological polar surface area (TPSA) is 30.3 Å². The summed E-state index contributed by atoms with van der Waals surface area (Å²) in [5.74, 6) is -0.237. The Hall–Kier alpha value is -1.72. The molecule has 1 atom stereocenters. The number of halogens is 1. The number of hydrogen-bond acceptors (Lipinski definition) is 3. The monoisotopic (exact) mass is 315 g/mol. The van der Waals surface area contributed by atoms with Crippen LogP contribution in [0.15, 0.2) is 36.7 Å². The van der Waals surface area contributed by atoms with Crippen molar-refractivity contribution in [3.63, 3.8) is 0 Å². The van der Waals surface area contributed by atoms with Gasteiger partial charge in [-0.15, -0.1) is 0 Å². The first-order valence-corrected chi connectivity index (χ1v) is 8.32. The highest BCUT2D eigenvalue weighted by Crippen LogP contribution is 2.38. The lowest BCUT2D eigenvalue weighted by Gasteiger charge is -2.39. The van der Waals surface area contributed by atoms with Crippen LogP contribution < -0.4 is 0 Å². The Balaban J connectivity index is 1.45. The fraction of sp³-hybridized carbons (Fsp3) is 0.500. The van der Waals surface area contributed by atoms with Gasteiger partial charge < -0.3 is 4.74 Å². The summed E-state index contributed by atoms with van der Waals surface area (Å²) in [6, 6.07) is 6.53. The maximum atomic E-state index is 13.3. The van der Waals surface area contributed by atoms with E-state index in [0.717, 1.165) is 38.5 Å². The van der Waals surface area contributed by atoms with Crippen molar-refractivity contribution in [2.45, 2.75) is 25.8 Å². The quantitative estimate of drug-likeness (QED) is 0.872. The maximum Gasteiger partial charge on any atom is 0.125 e. The molecule has 0 unspecified atom stereocenters. The Morgan fingerprint density at radius 2 is 2.26 bits per heavy atom. The molecule has 5 heteroatoms. The highest BCUT2D eigenvalue weighted by atomic mass is 19.1. The van der Waals surface area contributed by atoms with Gasteiger partial charge in [0, 0.05) is 36.9 Å². The van der Waals surface area contributed by atoms with E-state index in [1.807, 2.05) is 18.5 Å². The van der Waals surface area contributed by atoms with E-state index in [1.54, 1.807) is 10.7 Å². The van der Waals surface area contributed by atoms with Crippen LogP contribution in [-0.4, -0.2) is 41.0 Å². The number of benzene rings is 1. The Bertz CT molecular complexity index is 678. The summed E-state index contributed by atoms with van der Waals surface area (Å²) >= 11 is 0. The highest BCUT2D eigenvalue weighted by Gasteiger charge is 2.38. The number of ether oxygens (including phenoxy) is 1. The Kier molecular flexibility index (Phi) is 3.91. The van der Waals surface area contributed by atoms with Gasteiger partial charge in [-0.1, -0.05) is 6.07 Å². The molecule has 0 aliphatic carbocycles. The molecule has 122 valence electrons. The lowest BCUT2D eigenvalue weighted by molar-refractivity contribution is 0.0645. The average Bonchev–Trinajstić information content (AvgIpc) is 3.18. The van der Waals surface area contributed by atoms with Gasteiger partial charge in [0.25, 0.3) is 0 Å². The predicted molar refractivity (Wildman–Crippen MR) is 85.9 cm³/mol. The van der Waals surface area contributed by atoms with Crippen LogP contribution in [0.2, 0.25) is 0 Å². The molecule has 1 aromatic carbocycles. The summed E-state index contributed by atoms with van der Waals surface area (Å²) in [5.41, 5.74) is 2.30. The smallest absolute Gasteiger partial charge is 0.125 e. The zero-order chi connectivity index (χ0) is 15.7. The van der Waals surface area contributed by atoms with Crippen LogP contribution in [-0.2, 0) is 11.3 Å². The van der Waals surface area contributed by atoms with Crippen molar-refractivity contribution >= 4 is 0 Å². The minimum Gasteiger partial charge on any atom is -0.381 e. The van der Waals surface area contributed by atoms with Gasteiger partial charge in [0.2, 0.25) is 0 Å². The van der Waals surface area contributed by atoms with Crippen LogP contribution in [0, 0.1) is 11.2 Å². The fourth-order valence-electron chi connectivity index (χ4n) is 3.88. The molecule has 0 N–H and O–H groups in total. The summed E-state index contributed by atoms with van der Waals surface area (Å²) in [7, 11) is 0. The van der Waals surface area contributed by atoms with Crippen LogP contribution in [0.5, 0.6) is 0 Å². The minimum absolute atomic E-state index is 0.237. The summed E-state index contributed by atoms with van der Waals surface area (Å²) in [5, 5.41) is 4.38. The molecule has 0 saturated carbocycles. The zero-order valence-corrected chi connectivity index (χ0v) is 13.2. The first kappa shape index (κ1) is 14.8. The van der Waals surface area contributed by atoms with Gasteiger partial charge in [-0.05, 0) is 44.0 Å². The van der Waals surface area contributed by atoms with Gasteiger partial charge in [0.15, 0.2) is 0 Å². The lowest BCUT2D eigenvalue weighted by Crippen LogP contribution is -2.43. The first-order chi connectivity index (χ1) is 11.2. The van der Waals surface area contributed by atoms with Crippen LogP contribution >= 0.6 is 0 Å². The normalized spacial score (nSPS) is 25.3. The Morgan fingerprint density at radius 1 is 1.30 bits per heavy atom. The molecular formula is C18H22FN3O. The molecule has 23 heavy (non-hydrogen) atoms.